The number of rotatable bonds is 10. The summed E-state index contributed by atoms with van der Waals surface area (Å²) >= 11 is 0. The first-order valence-electron chi connectivity index (χ1n) is 15.3. The first-order valence-corrected chi connectivity index (χ1v) is 18.2. The number of azo groups is 1. The van der Waals surface area contributed by atoms with Crippen LogP contribution in [0.1, 0.15) is 15.9 Å². The number of anilines is 4. The van der Waals surface area contributed by atoms with Crippen LogP contribution in [-0.4, -0.2) is 60.4 Å². The number of ketones is 3. The largest absolute Gasteiger partial charge is 0.396 e. The van der Waals surface area contributed by atoms with Gasteiger partial charge >= 0.3 is 0 Å². The van der Waals surface area contributed by atoms with Crippen LogP contribution in [0.5, 0.6) is 0 Å². The summed E-state index contributed by atoms with van der Waals surface area (Å²) in [6, 6.07) is 13.0. The van der Waals surface area contributed by atoms with E-state index in [0.717, 1.165) is 12.1 Å². The Morgan fingerprint density at radius 2 is 1.06 bits per heavy atom. The summed E-state index contributed by atoms with van der Waals surface area (Å²) in [5.41, 5.74) is 14.1. The molecular weight excluding hydrogens is 743 g/mol. The summed E-state index contributed by atoms with van der Waals surface area (Å²) in [5.74, 6) is -1.46. The molecule has 0 spiro atoms. The number of allylic oxidation sites excluding steroid dienone is 9. The number of carbonyl (C=O) groups excluding carboxylic acids is 3. The Morgan fingerprint density at radius 1 is 0.593 bits per heavy atom. The maximum absolute atomic E-state index is 13.8. The van der Waals surface area contributed by atoms with Crippen LogP contribution in [0.3, 0.4) is 0 Å². The van der Waals surface area contributed by atoms with Gasteiger partial charge in [-0.05, 0) is 115 Å². The van der Waals surface area contributed by atoms with Gasteiger partial charge in [0.25, 0.3) is 20.2 Å². The molecule has 0 radical (unpaired) electrons. The molecular formula is C34H25N9O9S2. The van der Waals surface area contributed by atoms with Crippen LogP contribution in [-0.2, 0) is 29.8 Å². The van der Waals surface area contributed by atoms with Crippen molar-refractivity contribution in [2.24, 2.45) is 25.5 Å². The average molecular weight is 768 g/mol. The first-order chi connectivity index (χ1) is 25.7. The number of hydrogen-bond acceptors (Lipinski definition) is 16. The van der Waals surface area contributed by atoms with Crippen molar-refractivity contribution in [3.05, 3.63) is 119 Å². The lowest BCUT2D eigenvalue weighted by Crippen LogP contribution is -2.28. The zero-order valence-corrected chi connectivity index (χ0v) is 28.9. The average Bonchev–Trinajstić information content (AvgIpc) is 3.13. The molecule has 7 N–H and O–H groups in total. The van der Waals surface area contributed by atoms with Crippen molar-refractivity contribution in [3.63, 3.8) is 0 Å². The van der Waals surface area contributed by atoms with Gasteiger partial charge < -0.3 is 5.73 Å². The van der Waals surface area contributed by atoms with E-state index in [4.69, 9.17) is 5.73 Å². The second-order valence-corrected chi connectivity index (χ2v) is 14.0. The minimum atomic E-state index is -5.13. The van der Waals surface area contributed by atoms with Gasteiger partial charge in [-0.3, -0.25) is 39.8 Å². The molecule has 18 nitrogen and oxygen atoms in total. The Labute approximate surface area is 306 Å². The summed E-state index contributed by atoms with van der Waals surface area (Å²) in [7, 11) is -10.2. The lowest BCUT2D eigenvalue weighted by molar-refractivity contribution is -0.111. The monoisotopic (exact) mass is 767 g/mol. The first kappa shape index (κ1) is 36.8. The minimum absolute atomic E-state index is 0.166. The van der Waals surface area contributed by atoms with Gasteiger partial charge in [0.05, 0.1) is 45.4 Å². The predicted octanol–water partition coefficient (Wildman–Crippen LogP) is 4.75. The molecule has 0 aromatic heterocycles. The number of nitrogens with two attached hydrogens (primary N) is 1. The van der Waals surface area contributed by atoms with Crippen LogP contribution in [0.4, 0.5) is 34.1 Å². The second-order valence-electron chi connectivity index (χ2n) is 11.2. The molecule has 0 saturated carbocycles. The Hall–Kier alpha value is -7.00. The van der Waals surface area contributed by atoms with Crippen molar-refractivity contribution in [2.75, 3.05) is 22.0 Å². The number of benzene rings is 3. The smallest absolute Gasteiger partial charge is 0.296 e. The highest BCUT2D eigenvalue weighted by Crippen LogP contribution is 2.41. The highest BCUT2D eigenvalue weighted by atomic mass is 32.2. The van der Waals surface area contributed by atoms with Crippen molar-refractivity contribution in [1.29, 1.82) is 0 Å². The van der Waals surface area contributed by atoms with E-state index in [1.165, 1.54) is 72.9 Å². The second kappa shape index (κ2) is 14.9. The fourth-order valence-electron chi connectivity index (χ4n) is 4.85. The number of nitrogen functional groups attached to an aromatic ring is 1. The molecule has 0 heterocycles. The number of Topliss-reactive ketones (excluding diaryl/α,β-unsaturated/α-hetero) is 1. The third kappa shape index (κ3) is 8.54. The summed E-state index contributed by atoms with van der Waals surface area (Å²) < 4.78 is 69.7. The molecule has 0 bridgehead atoms. The Morgan fingerprint density at radius 3 is 1.52 bits per heavy atom. The molecule has 3 aliphatic rings. The van der Waals surface area contributed by atoms with Gasteiger partial charge in [0.2, 0.25) is 5.78 Å². The topological polar surface area (TPSA) is 284 Å². The van der Waals surface area contributed by atoms with Crippen LogP contribution >= 0.6 is 0 Å². The molecule has 20 heteroatoms. The van der Waals surface area contributed by atoms with Crippen molar-refractivity contribution < 1.29 is 40.3 Å². The van der Waals surface area contributed by atoms with E-state index >= 15 is 0 Å². The predicted molar refractivity (Wildman–Crippen MR) is 201 cm³/mol. The van der Waals surface area contributed by atoms with E-state index in [1.54, 1.807) is 24.3 Å². The third-order valence-electron chi connectivity index (χ3n) is 7.47. The van der Waals surface area contributed by atoms with Crippen LogP contribution in [0.15, 0.2) is 139 Å². The molecule has 3 aliphatic carbocycles. The van der Waals surface area contributed by atoms with E-state index < -0.39 is 58.5 Å². The highest BCUT2D eigenvalue weighted by Gasteiger charge is 2.37. The summed E-state index contributed by atoms with van der Waals surface area (Å²) in [5, 5.41) is 20.1. The number of nitrogens with zero attached hydrogens (tertiary/aromatic N) is 5. The van der Waals surface area contributed by atoms with Gasteiger partial charge in [-0.25, -0.2) is 0 Å². The van der Waals surface area contributed by atoms with E-state index in [9.17, 15) is 40.3 Å². The maximum atomic E-state index is 13.8. The zero-order chi connectivity index (χ0) is 38.6. The van der Waals surface area contributed by atoms with E-state index in [1.807, 2.05) is 0 Å². The number of hydrazone groups is 3. The van der Waals surface area contributed by atoms with Crippen molar-refractivity contribution in [1.82, 2.24) is 0 Å². The lowest BCUT2D eigenvalue weighted by atomic mass is 9.92. The van der Waals surface area contributed by atoms with Gasteiger partial charge in [0.15, 0.2) is 17.3 Å². The molecule has 0 amide bonds. The van der Waals surface area contributed by atoms with Gasteiger partial charge in [0.1, 0.15) is 15.5 Å². The van der Waals surface area contributed by atoms with E-state index in [2.05, 4.69) is 41.8 Å². The molecule has 0 fully saturated rings. The van der Waals surface area contributed by atoms with Crippen LogP contribution in [0.2, 0.25) is 0 Å². The standard InChI is InChI=1S/C34H25N9O9S2/c35-31-30-19(17-28(53(47,48)49)32(31)42-40-22-5-1-20(2-6-22)36-38-24-9-13-26(44)14-10-24)18-29(54(50,51)52)33(34(30)46)43-41-23-7-3-21(4-8-23)37-39-25-11-15-27(45)16-12-25/h1-18,36-37,41H,35H2,(H,47,48,49)(H,50,51,52)/b42-40?,43-33-. The number of hydrogen-bond donors (Lipinski definition) is 6. The van der Waals surface area contributed by atoms with E-state index in [-0.39, 0.29) is 28.5 Å². The van der Waals surface area contributed by atoms with Crippen LogP contribution in [0.25, 0.3) is 6.08 Å². The molecule has 0 aliphatic heterocycles. The molecule has 272 valence electrons. The summed E-state index contributed by atoms with van der Waals surface area (Å²) in [6.07, 6.45) is 12.3. The van der Waals surface area contributed by atoms with Gasteiger partial charge in [0, 0.05) is 0 Å². The van der Waals surface area contributed by atoms with Gasteiger partial charge in [-0.1, -0.05) is 0 Å². The molecule has 0 atom stereocenters. The quantitative estimate of drug-likeness (QED) is 0.0535. The Bertz CT molecular complexity index is 2580. The van der Waals surface area contributed by atoms with E-state index in [0.29, 0.717) is 22.8 Å². The molecule has 54 heavy (non-hydrogen) atoms. The normalized spacial score (nSPS) is 16.1. The third-order valence-corrected chi connectivity index (χ3v) is 9.20. The van der Waals surface area contributed by atoms with Crippen molar-refractivity contribution in [3.8, 4) is 0 Å². The lowest BCUT2D eigenvalue weighted by Gasteiger charge is -2.20. The summed E-state index contributed by atoms with van der Waals surface area (Å²) in [6.45, 7) is 0. The highest BCUT2D eigenvalue weighted by molar-refractivity contribution is 7.91. The van der Waals surface area contributed by atoms with Crippen LogP contribution < -0.4 is 22.0 Å². The molecule has 6 rings (SSSR count). The molecule has 3 aromatic carbocycles. The van der Waals surface area contributed by atoms with Gasteiger partial charge in [-0.2, -0.15) is 37.3 Å². The number of carbonyl (C=O) groups is 3. The molecule has 3 aromatic rings. The van der Waals surface area contributed by atoms with Crippen molar-refractivity contribution in [2.45, 2.75) is 4.90 Å². The summed E-state index contributed by atoms with van der Waals surface area (Å²) in [4.78, 5) is 34.5. The Balaban J connectivity index is 1.28. The number of nitrogens with one attached hydrogen (secondary N) is 3. The zero-order valence-electron chi connectivity index (χ0n) is 27.3. The molecule has 0 saturated heterocycles. The fourth-order valence-corrected chi connectivity index (χ4v) is 6.18. The minimum Gasteiger partial charge on any atom is -0.396 e. The Kier molecular flexibility index (Phi) is 10.2. The molecule has 0 unspecified atom stereocenters. The fraction of sp³-hybridized carbons (Fsp3) is 0. The maximum Gasteiger partial charge on any atom is 0.296 e. The SMILES string of the molecule is Nc1c(N=Nc2ccc(NN=C3C=CC(=O)C=C3)cc2)c(S(=O)(=O)O)cc2c1C(=O)/C(=N\Nc1ccc(NN=C3C=CC(=O)C=C3)cc1)C(S(=O)(=O)O)=C2. The van der Waals surface area contributed by atoms with Crippen molar-refractivity contribution >= 4 is 94.9 Å². The number of fused-ring (bicyclic) bond motifs is 1. The van der Waals surface area contributed by atoms with Crippen LogP contribution in [0, 0.1) is 0 Å². The van der Waals surface area contributed by atoms with Gasteiger partial charge in [-0.15, -0.1) is 5.11 Å².